The molecule has 1 aliphatic carbocycles. The van der Waals surface area contributed by atoms with E-state index >= 15 is 0 Å². The van der Waals surface area contributed by atoms with E-state index in [1.54, 1.807) is 26.1 Å². The number of benzene rings is 1. The number of ether oxygens (including phenoxy) is 1. The number of hydrogen-bond acceptors (Lipinski definition) is 5. The summed E-state index contributed by atoms with van der Waals surface area (Å²) in [6.07, 6.45) is 3.09. The number of amides is 3. The zero-order valence-corrected chi connectivity index (χ0v) is 19.2. The topological polar surface area (TPSA) is 82.2 Å². The molecule has 0 spiro atoms. The number of nitrogens with one attached hydrogen (secondary N) is 1. The minimum atomic E-state index is -0.806. The van der Waals surface area contributed by atoms with Crippen molar-refractivity contribution in [3.8, 4) is 0 Å². The van der Waals surface area contributed by atoms with Gasteiger partial charge in [-0.2, -0.15) is 0 Å². The predicted molar refractivity (Wildman–Crippen MR) is 119 cm³/mol. The van der Waals surface area contributed by atoms with Crippen LogP contribution in [0.25, 0.3) is 0 Å². The Bertz CT molecular complexity index is 954. The van der Waals surface area contributed by atoms with Crippen LogP contribution < -0.4 is 5.32 Å². The Hall–Kier alpha value is -2.94. The van der Waals surface area contributed by atoms with Crippen LogP contribution >= 0.6 is 0 Å². The normalized spacial score (nSPS) is 22.2. The molecule has 3 amide bonds. The number of hydrogen-bond donors (Lipinski definition) is 1. The van der Waals surface area contributed by atoms with E-state index in [9.17, 15) is 18.8 Å². The van der Waals surface area contributed by atoms with Gasteiger partial charge in [0.25, 0.3) is 0 Å². The fraction of sp³-hybridized carbons (Fsp3) is 0.542. The van der Waals surface area contributed by atoms with Crippen molar-refractivity contribution in [3.05, 3.63) is 46.9 Å². The molecule has 1 saturated heterocycles. The Morgan fingerprint density at radius 3 is 2.52 bits per heavy atom. The highest BCUT2D eigenvalue weighted by Crippen LogP contribution is 2.32. The van der Waals surface area contributed by atoms with Crippen molar-refractivity contribution in [2.75, 3.05) is 46.4 Å². The molecule has 0 radical (unpaired) electrons. The lowest BCUT2D eigenvalue weighted by molar-refractivity contribution is -0.140. The van der Waals surface area contributed by atoms with Gasteiger partial charge in [-0.05, 0) is 37.5 Å². The lowest BCUT2D eigenvalue weighted by Crippen LogP contribution is -2.54. The maximum absolute atomic E-state index is 13.9. The van der Waals surface area contributed by atoms with Crippen molar-refractivity contribution in [3.63, 3.8) is 0 Å². The summed E-state index contributed by atoms with van der Waals surface area (Å²) in [5.74, 6) is -0.562. The van der Waals surface area contributed by atoms with Gasteiger partial charge < -0.3 is 15.0 Å². The van der Waals surface area contributed by atoms with Crippen molar-refractivity contribution >= 4 is 17.9 Å². The van der Waals surface area contributed by atoms with Gasteiger partial charge in [-0.1, -0.05) is 18.6 Å². The molecule has 1 N–H and O–H groups in total. The minimum Gasteiger partial charge on any atom is -0.463 e. The number of halogens is 1. The Kier molecular flexibility index (Phi) is 6.97. The van der Waals surface area contributed by atoms with Gasteiger partial charge in [-0.25, -0.2) is 14.0 Å². The molecule has 2 fully saturated rings. The van der Waals surface area contributed by atoms with Crippen LogP contribution in [0.1, 0.15) is 37.8 Å². The summed E-state index contributed by atoms with van der Waals surface area (Å²) < 4.78 is 19.3. The van der Waals surface area contributed by atoms with E-state index in [2.05, 4.69) is 10.2 Å². The first kappa shape index (κ1) is 23.2. The van der Waals surface area contributed by atoms with Crippen LogP contribution in [0.15, 0.2) is 35.5 Å². The van der Waals surface area contributed by atoms with Gasteiger partial charge in [0.1, 0.15) is 5.82 Å². The summed E-state index contributed by atoms with van der Waals surface area (Å²) >= 11 is 0. The molecule has 8 nitrogen and oxygen atoms in total. The third-order valence-electron chi connectivity index (χ3n) is 6.77. The highest BCUT2D eigenvalue weighted by molar-refractivity contribution is 5.95. The molecule has 4 rings (SSSR count). The van der Waals surface area contributed by atoms with Gasteiger partial charge in [-0.15, -0.1) is 0 Å². The first-order chi connectivity index (χ1) is 15.9. The van der Waals surface area contributed by atoms with E-state index in [-0.39, 0.29) is 24.5 Å². The molecule has 2 heterocycles. The summed E-state index contributed by atoms with van der Waals surface area (Å²) in [7, 11) is 1.61. The molecule has 2 aliphatic heterocycles. The Morgan fingerprint density at radius 2 is 1.91 bits per heavy atom. The maximum atomic E-state index is 13.9. The number of carbonyl (C=O) groups excluding carboxylic acids is 3. The van der Waals surface area contributed by atoms with Gasteiger partial charge in [0.05, 0.1) is 18.2 Å². The summed E-state index contributed by atoms with van der Waals surface area (Å²) in [5, 5.41) is 2.80. The van der Waals surface area contributed by atoms with Gasteiger partial charge in [-0.3, -0.25) is 14.6 Å². The fourth-order valence-electron chi connectivity index (χ4n) is 4.59. The van der Waals surface area contributed by atoms with E-state index in [4.69, 9.17) is 4.74 Å². The molecule has 9 heteroatoms. The standard InChI is InChI=1S/C24H31FN4O4/c1-3-33-23(31)20-19(15-28-10-12-29(13-11-28)22(30)16-6-4-7-16)27(2)24(32)26-21(20)17-8-5-9-18(25)14-17/h5,8-9,14,16,21H,3-4,6-7,10-13,15H2,1-2H3,(H,26,32). The molecular formula is C24H31FN4O4. The van der Waals surface area contributed by atoms with Gasteiger partial charge in [0, 0.05) is 51.4 Å². The minimum absolute atomic E-state index is 0.176. The number of carbonyl (C=O) groups is 3. The summed E-state index contributed by atoms with van der Waals surface area (Å²) in [4.78, 5) is 43.8. The third-order valence-corrected chi connectivity index (χ3v) is 6.77. The lowest BCUT2D eigenvalue weighted by atomic mass is 9.84. The molecule has 178 valence electrons. The Morgan fingerprint density at radius 1 is 1.18 bits per heavy atom. The molecular weight excluding hydrogens is 427 g/mol. The molecule has 0 bridgehead atoms. The molecule has 1 unspecified atom stereocenters. The van der Waals surface area contributed by atoms with Crippen LogP contribution in [-0.4, -0.2) is 79.0 Å². The van der Waals surface area contributed by atoms with E-state index < -0.39 is 17.8 Å². The predicted octanol–water partition coefficient (Wildman–Crippen LogP) is 2.28. The van der Waals surface area contributed by atoms with E-state index in [1.807, 2.05) is 4.90 Å². The number of nitrogens with zero attached hydrogens (tertiary/aromatic N) is 3. The van der Waals surface area contributed by atoms with Crippen LogP contribution in [0, 0.1) is 11.7 Å². The number of piperazine rings is 1. The molecule has 33 heavy (non-hydrogen) atoms. The van der Waals surface area contributed by atoms with Crippen LogP contribution in [0.5, 0.6) is 0 Å². The second-order valence-corrected chi connectivity index (χ2v) is 8.81. The van der Waals surface area contributed by atoms with Crippen molar-refractivity contribution in [1.29, 1.82) is 0 Å². The second kappa shape index (κ2) is 9.91. The maximum Gasteiger partial charge on any atom is 0.338 e. The largest absolute Gasteiger partial charge is 0.463 e. The fourth-order valence-corrected chi connectivity index (χ4v) is 4.59. The number of rotatable bonds is 6. The average Bonchev–Trinajstić information content (AvgIpc) is 2.76. The van der Waals surface area contributed by atoms with E-state index in [1.165, 1.54) is 17.0 Å². The molecule has 1 aromatic rings. The monoisotopic (exact) mass is 458 g/mol. The first-order valence-corrected chi connectivity index (χ1v) is 11.6. The van der Waals surface area contributed by atoms with E-state index in [0.717, 1.165) is 19.3 Å². The second-order valence-electron chi connectivity index (χ2n) is 8.81. The summed E-state index contributed by atoms with van der Waals surface area (Å²) in [5.41, 5.74) is 1.32. The Labute approximate surface area is 193 Å². The van der Waals surface area contributed by atoms with Gasteiger partial charge in [0.2, 0.25) is 5.91 Å². The van der Waals surface area contributed by atoms with Gasteiger partial charge in [0.15, 0.2) is 0 Å². The number of esters is 1. The Balaban J connectivity index is 1.58. The molecule has 1 aromatic carbocycles. The van der Waals surface area contributed by atoms with Crippen molar-refractivity contribution in [2.45, 2.75) is 32.2 Å². The van der Waals surface area contributed by atoms with Gasteiger partial charge >= 0.3 is 12.0 Å². The average molecular weight is 459 g/mol. The zero-order valence-electron chi connectivity index (χ0n) is 19.2. The molecule has 1 saturated carbocycles. The van der Waals surface area contributed by atoms with Crippen LogP contribution in [-0.2, 0) is 14.3 Å². The first-order valence-electron chi connectivity index (χ1n) is 11.6. The summed E-state index contributed by atoms with van der Waals surface area (Å²) in [6.45, 7) is 4.82. The van der Waals surface area contributed by atoms with E-state index in [0.29, 0.717) is 49.6 Å². The number of likely N-dealkylation sites (N-methyl/N-ethyl adjacent to an activating group) is 1. The third kappa shape index (κ3) is 4.88. The zero-order chi connectivity index (χ0) is 23.5. The van der Waals surface area contributed by atoms with Crippen molar-refractivity contribution < 1.29 is 23.5 Å². The van der Waals surface area contributed by atoms with Crippen molar-refractivity contribution in [1.82, 2.24) is 20.0 Å². The highest BCUT2D eigenvalue weighted by atomic mass is 19.1. The molecule has 3 aliphatic rings. The quantitative estimate of drug-likeness (QED) is 0.662. The highest BCUT2D eigenvalue weighted by Gasteiger charge is 2.38. The summed E-state index contributed by atoms with van der Waals surface area (Å²) in [6, 6.07) is 4.69. The smallest absolute Gasteiger partial charge is 0.338 e. The molecule has 1 atom stereocenters. The van der Waals surface area contributed by atoms with Crippen LogP contribution in [0.2, 0.25) is 0 Å². The van der Waals surface area contributed by atoms with Crippen LogP contribution in [0.4, 0.5) is 9.18 Å². The molecule has 0 aromatic heterocycles. The van der Waals surface area contributed by atoms with Crippen LogP contribution in [0.3, 0.4) is 0 Å². The number of urea groups is 1. The van der Waals surface area contributed by atoms with Crippen molar-refractivity contribution in [2.24, 2.45) is 5.92 Å². The SMILES string of the molecule is CCOC(=O)C1=C(CN2CCN(C(=O)C3CCC3)CC2)N(C)C(=O)NC1c1cccc(F)c1. The lowest BCUT2D eigenvalue weighted by Gasteiger charge is -2.41.